The van der Waals surface area contributed by atoms with E-state index in [0.717, 1.165) is 16.2 Å². The van der Waals surface area contributed by atoms with Gasteiger partial charge in [-0.25, -0.2) is 13.1 Å². The third-order valence-corrected chi connectivity index (χ3v) is 5.22. The maximum atomic E-state index is 11.5. The molecule has 1 rings (SSSR count). The van der Waals surface area contributed by atoms with Gasteiger partial charge in [-0.05, 0) is 25.1 Å². The molecule has 0 atom stereocenters. The monoisotopic (exact) mass is 290 g/mol. The van der Waals surface area contributed by atoms with Crippen LogP contribution in [0.4, 0.5) is 0 Å². The Hall–Kier alpha value is -0.920. The van der Waals surface area contributed by atoms with Crippen molar-refractivity contribution in [1.82, 2.24) is 10.0 Å². The number of sulfonamides is 1. The SMILES string of the molecule is CNS(=O)(=O)c1ccc(CNC(=O)CC(C)C)s1. The van der Waals surface area contributed by atoms with Crippen LogP contribution < -0.4 is 10.0 Å². The highest BCUT2D eigenvalue weighted by molar-refractivity contribution is 7.91. The van der Waals surface area contributed by atoms with E-state index in [2.05, 4.69) is 10.0 Å². The van der Waals surface area contributed by atoms with Crippen LogP contribution in [0.5, 0.6) is 0 Å². The smallest absolute Gasteiger partial charge is 0.249 e. The van der Waals surface area contributed by atoms with Crippen molar-refractivity contribution in [3.63, 3.8) is 0 Å². The summed E-state index contributed by atoms with van der Waals surface area (Å²) in [5.41, 5.74) is 0. The van der Waals surface area contributed by atoms with E-state index in [1.165, 1.54) is 7.05 Å². The fraction of sp³-hybridized carbons (Fsp3) is 0.545. The Morgan fingerprint density at radius 1 is 1.39 bits per heavy atom. The lowest BCUT2D eigenvalue weighted by Gasteiger charge is -2.05. The molecule has 0 saturated carbocycles. The second-order valence-electron chi connectivity index (χ2n) is 4.30. The molecule has 0 unspecified atom stereocenters. The standard InChI is InChI=1S/C11H18N2O3S2/c1-8(2)6-10(14)13-7-9-4-5-11(17-9)18(15,16)12-3/h4-5,8,12H,6-7H2,1-3H3,(H,13,14). The molecule has 0 fully saturated rings. The van der Waals surface area contributed by atoms with Crippen LogP contribution in [0, 0.1) is 5.92 Å². The molecule has 102 valence electrons. The summed E-state index contributed by atoms with van der Waals surface area (Å²) in [6.07, 6.45) is 0.479. The number of rotatable bonds is 6. The number of carbonyl (C=O) groups excluding carboxylic acids is 1. The topological polar surface area (TPSA) is 75.3 Å². The van der Waals surface area contributed by atoms with Crippen LogP contribution >= 0.6 is 11.3 Å². The van der Waals surface area contributed by atoms with Gasteiger partial charge in [0.15, 0.2) is 0 Å². The van der Waals surface area contributed by atoms with E-state index in [0.29, 0.717) is 18.9 Å². The Morgan fingerprint density at radius 3 is 2.61 bits per heavy atom. The largest absolute Gasteiger partial charge is 0.351 e. The second kappa shape index (κ2) is 6.31. The highest BCUT2D eigenvalue weighted by Crippen LogP contribution is 2.21. The van der Waals surface area contributed by atoms with Crippen molar-refractivity contribution < 1.29 is 13.2 Å². The van der Waals surface area contributed by atoms with E-state index in [1.807, 2.05) is 13.8 Å². The van der Waals surface area contributed by atoms with Crippen LogP contribution in [0.15, 0.2) is 16.3 Å². The van der Waals surface area contributed by atoms with E-state index in [1.54, 1.807) is 12.1 Å². The Labute approximate surface area is 112 Å². The van der Waals surface area contributed by atoms with Gasteiger partial charge in [0.05, 0.1) is 6.54 Å². The quantitative estimate of drug-likeness (QED) is 0.829. The number of amides is 1. The maximum Gasteiger partial charge on any atom is 0.249 e. The normalized spacial score (nSPS) is 11.8. The van der Waals surface area contributed by atoms with Crippen LogP contribution in [-0.2, 0) is 21.4 Å². The summed E-state index contributed by atoms with van der Waals surface area (Å²) in [6, 6.07) is 3.25. The minimum absolute atomic E-state index is 0.0172. The highest BCUT2D eigenvalue weighted by atomic mass is 32.2. The van der Waals surface area contributed by atoms with Crippen LogP contribution in [-0.4, -0.2) is 21.4 Å². The first-order valence-electron chi connectivity index (χ1n) is 5.64. The van der Waals surface area contributed by atoms with Crippen molar-refractivity contribution in [2.75, 3.05) is 7.05 Å². The predicted octanol–water partition coefficient (Wildman–Crippen LogP) is 1.32. The lowest BCUT2D eigenvalue weighted by atomic mass is 10.1. The molecular formula is C11H18N2O3S2. The Bertz CT molecular complexity index is 506. The maximum absolute atomic E-state index is 11.5. The van der Waals surface area contributed by atoms with Gasteiger partial charge in [0.1, 0.15) is 4.21 Å². The molecule has 5 nitrogen and oxygen atoms in total. The average Bonchev–Trinajstić information content (AvgIpc) is 2.74. The third-order valence-electron chi connectivity index (χ3n) is 2.22. The van der Waals surface area contributed by atoms with Crippen LogP contribution in [0.3, 0.4) is 0 Å². The molecule has 0 saturated heterocycles. The van der Waals surface area contributed by atoms with Gasteiger partial charge in [-0.15, -0.1) is 11.3 Å². The van der Waals surface area contributed by atoms with Gasteiger partial charge >= 0.3 is 0 Å². The van der Waals surface area contributed by atoms with Crippen molar-refractivity contribution in [3.8, 4) is 0 Å². The molecule has 0 aromatic carbocycles. The fourth-order valence-corrected chi connectivity index (χ4v) is 3.46. The summed E-state index contributed by atoms with van der Waals surface area (Å²) in [5.74, 6) is 0.296. The molecule has 0 spiro atoms. The lowest BCUT2D eigenvalue weighted by molar-refractivity contribution is -0.121. The highest BCUT2D eigenvalue weighted by Gasteiger charge is 2.14. The molecule has 0 bridgehead atoms. The average molecular weight is 290 g/mol. The minimum atomic E-state index is -3.38. The summed E-state index contributed by atoms with van der Waals surface area (Å²) in [7, 11) is -2.00. The van der Waals surface area contributed by atoms with Crippen molar-refractivity contribution in [2.45, 2.75) is 31.0 Å². The van der Waals surface area contributed by atoms with Crippen molar-refractivity contribution >= 4 is 27.3 Å². The summed E-state index contributed by atoms with van der Waals surface area (Å²) in [4.78, 5) is 12.3. The molecule has 0 aliphatic rings. The van der Waals surface area contributed by atoms with Crippen LogP contribution in [0.25, 0.3) is 0 Å². The summed E-state index contributed by atoms with van der Waals surface area (Å²) < 4.78 is 25.5. The first-order chi connectivity index (χ1) is 8.35. The molecule has 1 aromatic rings. The Morgan fingerprint density at radius 2 is 2.06 bits per heavy atom. The molecule has 1 aromatic heterocycles. The molecule has 2 N–H and O–H groups in total. The number of carbonyl (C=O) groups is 1. The zero-order chi connectivity index (χ0) is 13.8. The van der Waals surface area contributed by atoms with Gasteiger partial charge in [0.2, 0.25) is 15.9 Å². The van der Waals surface area contributed by atoms with E-state index in [-0.39, 0.29) is 10.1 Å². The van der Waals surface area contributed by atoms with E-state index < -0.39 is 10.0 Å². The first kappa shape index (κ1) is 15.1. The van der Waals surface area contributed by atoms with Crippen molar-refractivity contribution in [3.05, 3.63) is 17.0 Å². The Balaban J connectivity index is 2.58. The number of thiophene rings is 1. The van der Waals surface area contributed by atoms with Gasteiger partial charge in [-0.3, -0.25) is 4.79 Å². The molecule has 1 heterocycles. The van der Waals surface area contributed by atoms with Gasteiger partial charge in [-0.1, -0.05) is 13.8 Å². The van der Waals surface area contributed by atoms with Gasteiger partial charge < -0.3 is 5.32 Å². The van der Waals surface area contributed by atoms with E-state index in [4.69, 9.17) is 0 Å². The van der Waals surface area contributed by atoms with Crippen LogP contribution in [0.2, 0.25) is 0 Å². The fourth-order valence-electron chi connectivity index (χ4n) is 1.33. The molecule has 0 aliphatic carbocycles. The van der Waals surface area contributed by atoms with Crippen LogP contribution in [0.1, 0.15) is 25.1 Å². The Kier molecular flexibility index (Phi) is 5.30. The van der Waals surface area contributed by atoms with Crippen molar-refractivity contribution in [1.29, 1.82) is 0 Å². The molecule has 0 aliphatic heterocycles. The molecule has 1 amide bonds. The predicted molar refractivity (Wildman–Crippen MR) is 71.9 cm³/mol. The van der Waals surface area contributed by atoms with E-state index in [9.17, 15) is 13.2 Å². The molecular weight excluding hydrogens is 272 g/mol. The van der Waals surface area contributed by atoms with Crippen molar-refractivity contribution in [2.24, 2.45) is 5.92 Å². The van der Waals surface area contributed by atoms with Gasteiger partial charge in [0, 0.05) is 11.3 Å². The molecule has 0 radical (unpaired) electrons. The number of nitrogens with one attached hydrogen (secondary N) is 2. The summed E-state index contributed by atoms with van der Waals surface area (Å²) >= 11 is 1.16. The zero-order valence-corrected chi connectivity index (χ0v) is 12.3. The van der Waals surface area contributed by atoms with Gasteiger partial charge in [-0.2, -0.15) is 0 Å². The zero-order valence-electron chi connectivity index (χ0n) is 10.7. The number of hydrogen-bond acceptors (Lipinski definition) is 4. The summed E-state index contributed by atoms with van der Waals surface area (Å²) in [5, 5.41) is 2.77. The van der Waals surface area contributed by atoms with Gasteiger partial charge in [0.25, 0.3) is 0 Å². The second-order valence-corrected chi connectivity index (χ2v) is 7.58. The molecule has 7 heteroatoms. The first-order valence-corrected chi connectivity index (χ1v) is 7.94. The third kappa shape index (κ3) is 4.40. The lowest BCUT2D eigenvalue weighted by Crippen LogP contribution is -2.23. The molecule has 18 heavy (non-hydrogen) atoms. The minimum Gasteiger partial charge on any atom is -0.351 e. The summed E-state index contributed by atoms with van der Waals surface area (Å²) in [6.45, 7) is 4.32. The number of hydrogen-bond donors (Lipinski definition) is 2. The van der Waals surface area contributed by atoms with E-state index >= 15 is 0 Å².